The number of rotatable bonds is 5. The summed E-state index contributed by atoms with van der Waals surface area (Å²) in [6.07, 6.45) is 3.34. The van der Waals surface area contributed by atoms with Crippen LogP contribution < -0.4 is 11.2 Å². The van der Waals surface area contributed by atoms with Gasteiger partial charge in [0.25, 0.3) is 5.56 Å². The van der Waals surface area contributed by atoms with Crippen molar-refractivity contribution in [2.45, 2.75) is 58.5 Å². The van der Waals surface area contributed by atoms with Crippen molar-refractivity contribution < 1.29 is 4.74 Å². The van der Waals surface area contributed by atoms with Crippen LogP contribution in [0.1, 0.15) is 51.3 Å². The number of hydrogen-bond acceptors (Lipinski definition) is 4. The molecule has 0 atom stereocenters. The summed E-state index contributed by atoms with van der Waals surface area (Å²) in [6.45, 7) is 6.40. The van der Waals surface area contributed by atoms with Gasteiger partial charge in [-0.05, 0) is 25.7 Å². The monoisotopic (exact) mass is 320 g/mol. The van der Waals surface area contributed by atoms with Crippen LogP contribution in [-0.4, -0.2) is 32.3 Å². The number of nitrogens with zero attached hydrogens (tertiary/aromatic N) is 3. The molecule has 3 rings (SSSR count). The molecule has 1 N–H and O–H groups in total. The van der Waals surface area contributed by atoms with Crippen LogP contribution in [0.2, 0.25) is 0 Å². The molecule has 23 heavy (non-hydrogen) atoms. The van der Waals surface area contributed by atoms with Crippen molar-refractivity contribution in [1.82, 2.24) is 19.1 Å². The fourth-order valence-corrected chi connectivity index (χ4v) is 3.19. The van der Waals surface area contributed by atoms with Gasteiger partial charge >= 0.3 is 5.69 Å². The molecule has 1 saturated heterocycles. The number of ether oxygens (including phenoxy) is 1. The van der Waals surface area contributed by atoms with Crippen LogP contribution in [0.5, 0.6) is 0 Å². The fraction of sp³-hybridized carbons (Fsp3) is 0.688. The summed E-state index contributed by atoms with van der Waals surface area (Å²) in [4.78, 5) is 33.1. The van der Waals surface area contributed by atoms with Gasteiger partial charge in [-0.25, -0.2) is 9.78 Å². The van der Waals surface area contributed by atoms with Crippen LogP contribution in [0.4, 0.5) is 0 Å². The number of H-pyrrole nitrogens is 1. The van der Waals surface area contributed by atoms with Crippen LogP contribution in [0.25, 0.3) is 11.2 Å². The lowest BCUT2D eigenvalue weighted by Crippen LogP contribution is -2.40. The van der Waals surface area contributed by atoms with Gasteiger partial charge < -0.3 is 9.72 Å². The Morgan fingerprint density at radius 1 is 1.13 bits per heavy atom. The van der Waals surface area contributed by atoms with Gasteiger partial charge in [0.1, 0.15) is 11.3 Å². The van der Waals surface area contributed by atoms with Crippen molar-refractivity contribution in [1.29, 1.82) is 0 Å². The number of nitrogens with one attached hydrogen (secondary N) is 1. The summed E-state index contributed by atoms with van der Waals surface area (Å²) in [6, 6.07) is 0. The summed E-state index contributed by atoms with van der Waals surface area (Å²) >= 11 is 0. The molecule has 0 aliphatic carbocycles. The normalized spacial score (nSPS) is 16.3. The zero-order valence-electron chi connectivity index (χ0n) is 13.8. The largest absolute Gasteiger partial charge is 0.381 e. The first-order valence-electron chi connectivity index (χ1n) is 8.48. The summed E-state index contributed by atoms with van der Waals surface area (Å²) < 4.78 is 8.34. The van der Waals surface area contributed by atoms with Crippen molar-refractivity contribution >= 4 is 11.2 Å². The van der Waals surface area contributed by atoms with E-state index in [4.69, 9.17) is 4.74 Å². The highest BCUT2D eigenvalue weighted by Crippen LogP contribution is 2.25. The molecule has 126 valence electrons. The van der Waals surface area contributed by atoms with E-state index in [1.165, 1.54) is 4.57 Å². The third kappa shape index (κ3) is 2.85. The van der Waals surface area contributed by atoms with Crippen molar-refractivity contribution in [3.8, 4) is 0 Å². The van der Waals surface area contributed by atoms with Gasteiger partial charge in [0.05, 0.1) is 0 Å². The number of hydrogen-bond donors (Lipinski definition) is 1. The lowest BCUT2D eigenvalue weighted by atomic mass is 10.00. The minimum atomic E-state index is -0.259. The molecular formula is C16H24N4O3. The second kappa shape index (κ2) is 6.70. The van der Waals surface area contributed by atoms with Gasteiger partial charge in [-0.1, -0.05) is 13.8 Å². The van der Waals surface area contributed by atoms with E-state index in [-0.39, 0.29) is 17.2 Å². The summed E-state index contributed by atoms with van der Waals surface area (Å²) in [7, 11) is 0. The Kier molecular flexibility index (Phi) is 4.66. The van der Waals surface area contributed by atoms with E-state index in [0.29, 0.717) is 37.5 Å². The minimum Gasteiger partial charge on any atom is -0.381 e. The van der Waals surface area contributed by atoms with E-state index in [9.17, 15) is 9.59 Å². The highest BCUT2D eigenvalue weighted by Gasteiger charge is 2.22. The molecule has 2 aromatic heterocycles. The number of aromatic amines is 1. The molecule has 0 amide bonds. The third-order valence-electron chi connectivity index (χ3n) is 4.38. The SMILES string of the molecule is CCCn1c(=O)c2[nH]c(C3CCOCC3)nc2n(CCC)c1=O. The van der Waals surface area contributed by atoms with Gasteiger partial charge in [0.2, 0.25) is 0 Å². The van der Waals surface area contributed by atoms with E-state index >= 15 is 0 Å². The van der Waals surface area contributed by atoms with E-state index in [1.54, 1.807) is 4.57 Å². The predicted molar refractivity (Wildman–Crippen MR) is 88.0 cm³/mol. The number of aryl methyl sites for hydroxylation is 1. The Morgan fingerprint density at radius 2 is 1.78 bits per heavy atom. The van der Waals surface area contributed by atoms with Gasteiger partial charge in [-0.3, -0.25) is 13.9 Å². The summed E-state index contributed by atoms with van der Waals surface area (Å²) in [5, 5.41) is 0. The van der Waals surface area contributed by atoms with Crippen LogP contribution in [0.3, 0.4) is 0 Å². The van der Waals surface area contributed by atoms with E-state index in [1.807, 2.05) is 13.8 Å². The summed E-state index contributed by atoms with van der Waals surface area (Å²) in [5.41, 5.74) is 0.435. The molecule has 1 fully saturated rings. The molecule has 0 radical (unpaired) electrons. The van der Waals surface area contributed by atoms with Crippen LogP contribution in [0, 0.1) is 0 Å². The van der Waals surface area contributed by atoms with Crippen molar-refractivity contribution in [2.24, 2.45) is 0 Å². The van der Waals surface area contributed by atoms with E-state index in [0.717, 1.165) is 31.5 Å². The number of imidazole rings is 1. The van der Waals surface area contributed by atoms with Crippen LogP contribution >= 0.6 is 0 Å². The van der Waals surface area contributed by atoms with E-state index in [2.05, 4.69) is 9.97 Å². The Morgan fingerprint density at radius 3 is 2.43 bits per heavy atom. The molecule has 1 aliphatic heterocycles. The zero-order chi connectivity index (χ0) is 16.4. The van der Waals surface area contributed by atoms with Crippen molar-refractivity contribution in [3.05, 3.63) is 26.7 Å². The maximum absolute atomic E-state index is 12.6. The standard InChI is InChI=1S/C16H24N4O3/c1-3-7-19-14-12(15(21)20(8-4-2)16(19)22)17-13(18-14)11-5-9-23-10-6-11/h11H,3-10H2,1-2H3,(H,17,18). The molecule has 1 aliphatic rings. The Hall–Kier alpha value is -1.89. The predicted octanol–water partition coefficient (Wildman–Crippen LogP) is 1.60. The van der Waals surface area contributed by atoms with Gasteiger partial charge in [0.15, 0.2) is 5.65 Å². The van der Waals surface area contributed by atoms with E-state index < -0.39 is 0 Å². The average molecular weight is 320 g/mol. The van der Waals surface area contributed by atoms with Crippen molar-refractivity contribution in [3.63, 3.8) is 0 Å². The van der Waals surface area contributed by atoms with Crippen molar-refractivity contribution in [2.75, 3.05) is 13.2 Å². The highest BCUT2D eigenvalue weighted by atomic mass is 16.5. The molecule has 2 aromatic rings. The fourth-order valence-electron chi connectivity index (χ4n) is 3.19. The average Bonchev–Trinajstić information content (AvgIpc) is 3.02. The molecule has 0 aromatic carbocycles. The quantitative estimate of drug-likeness (QED) is 0.907. The lowest BCUT2D eigenvalue weighted by molar-refractivity contribution is 0.0838. The van der Waals surface area contributed by atoms with Gasteiger partial charge in [0, 0.05) is 32.2 Å². The number of fused-ring (bicyclic) bond motifs is 1. The first-order valence-corrected chi connectivity index (χ1v) is 8.48. The minimum absolute atomic E-state index is 0.253. The molecule has 7 nitrogen and oxygen atoms in total. The Bertz CT molecular complexity index is 796. The van der Waals surface area contributed by atoms with Gasteiger partial charge in [-0.2, -0.15) is 0 Å². The highest BCUT2D eigenvalue weighted by molar-refractivity contribution is 5.70. The Labute approximate surface area is 134 Å². The molecule has 3 heterocycles. The molecular weight excluding hydrogens is 296 g/mol. The van der Waals surface area contributed by atoms with Crippen LogP contribution in [0.15, 0.2) is 9.59 Å². The zero-order valence-corrected chi connectivity index (χ0v) is 13.8. The maximum Gasteiger partial charge on any atom is 0.332 e. The molecule has 0 bridgehead atoms. The topological polar surface area (TPSA) is 81.9 Å². The summed E-state index contributed by atoms with van der Waals surface area (Å²) in [5.74, 6) is 1.07. The third-order valence-corrected chi connectivity index (χ3v) is 4.38. The second-order valence-corrected chi connectivity index (χ2v) is 6.10. The molecule has 0 saturated carbocycles. The second-order valence-electron chi connectivity index (χ2n) is 6.10. The first kappa shape index (κ1) is 16.0. The smallest absolute Gasteiger partial charge is 0.332 e. The Balaban J connectivity index is 2.18. The van der Waals surface area contributed by atoms with Gasteiger partial charge in [-0.15, -0.1) is 0 Å². The molecule has 0 spiro atoms. The number of aromatic nitrogens is 4. The molecule has 0 unspecified atom stereocenters. The van der Waals surface area contributed by atoms with Crippen LogP contribution in [-0.2, 0) is 17.8 Å². The molecule has 7 heteroatoms. The first-order chi connectivity index (χ1) is 11.2. The lowest BCUT2D eigenvalue weighted by Gasteiger charge is -2.19. The maximum atomic E-state index is 12.6.